The van der Waals surface area contributed by atoms with Gasteiger partial charge in [0, 0.05) is 66.5 Å². The number of aromatic nitrogens is 2. The molecule has 4 heteroatoms. The SMILES string of the molecule is CC1(C)c2ccccc2-c2c1c1cccc3c1n2-c1cc(N(c2ccccc2)c2ccccc2)cc2c1B3n1c3ccc(C45CCC6CC(CC6C4)C5)cc3c3cc(C45CCC6CC(CC6C4)C5)cc-2c31. The van der Waals surface area contributed by atoms with Crippen LogP contribution in [0.2, 0.25) is 0 Å². The van der Waals surface area contributed by atoms with Gasteiger partial charge in [-0.25, -0.2) is 0 Å². The lowest BCUT2D eigenvalue weighted by atomic mass is 9.45. The second-order valence-corrected chi connectivity index (χ2v) is 25.5. The minimum atomic E-state index is -0.147. The molecule has 6 fully saturated rings. The Kier molecular flexibility index (Phi) is 7.33. The van der Waals surface area contributed by atoms with Gasteiger partial charge in [-0.3, -0.25) is 0 Å². The number of hydrogen-bond donors (Lipinski definition) is 0. The van der Waals surface area contributed by atoms with Crippen LogP contribution < -0.4 is 15.8 Å². The van der Waals surface area contributed by atoms with E-state index >= 15 is 0 Å². The predicted molar refractivity (Wildman–Crippen MR) is 294 cm³/mol. The Labute approximate surface area is 418 Å². The van der Waals surface area contributed by atoms with Crippen molar-refractivity contribution < 1.29 is 0 Å². The van der Waals surface area contributed by atoms with E-state index in [0.29, 0.717) is 5.41 Å². The number of nitrogens with zero attached hydrogens (tertiary/aromatic N) is 3. The van der Waals surface area contributed by atoms with Crippen molar-refractivity contribution in [2.75, 3.05) is 4.90 Å². The first-order chi connectivity index (χ1) is 34.8. The standard InChI is InChI=1S/C67H60BN3/c1-65(2)56-18-10-9-16-50(56)64-60(65)51-17-11-19-57-63(51)70(64)59-34-49(69(47-12-5-3-6-13-47)48-14-7-4-8-15-48)33-53-55-32-46(67-25-23-42-27-40(36-67)29-44(42)38-67)31-54-52-30-45(20-21-58(52)71(62(54)55)68(57)61(53)59)66-24-22-41-26-39(35-66)28-43(41)37-66/h3-21,30-34,39-44H,22-29,35-38H2,1-2H3. The lowest BCUT2D eigenvalue weighted by Gasteiger charge is -2.46. The van der Waals surface area contributed by atoms with Crippen LogP contribution in [0.15, 0.2) is 146 Å². The van der Waals surface area contributed by atoms with Gasteiger partial charge in [-0.2, -0.15) is 0 Å². The van der Waals surface area contributed by atoms with E-state index in [9.17, 15) is 0 Å². The molecule has 8 atom stereocenters. The minimum absolute atomic E-state index is 0.0305. The van der Waals surface area contributed by atoms with Gasteiger partial charge in [-0.05, 0) is 223 Å². The summed E-state index contributed by atoms with van der Waals surface area (Å²) >= 11 is 0. The molecule has 3 nitrogen and oxygen atoms in total. The largest absolute Gasteiger partial charge is 0.375 e. The maximum atomic E-state index is 2.89. The second kappa shape index (κ2) is 13.2. The molecular formula is C67H60BN3. The van der Waals surface area contributed by atoms with Gasteiger partial charge in [0.1, 0.15) is 0 Å². The Morgan fingerprint density at radius 1 is 0.521 bits per heavy atom. The summed E-state index contributed by atoms with van der Waals surface area (Å²) in [6.45, 7) is 4.98. The number of anilines is 3. The summed E-state index contributed by atoms with van der Waals surface area (Å²) in [7, 11) is 0. The van der Waals surface area contributed by atoms with Crippen LogP contribution >= 0.6 is 0 Å². The zero-order chi connectivity index (χ0) is 46.3. The Morgan fingerprint density at radius 3 is 1.92 bits per heavy atom. The van der Waals surface area contributed by atoms with Crippen molar-refractivity contribution in [2.45, 2.75) is 107 Å². The van der Waals surface area contributed by atoms with Crippen molar-refractivity contribution in [1.29, 1.82) is 0 Å². The molecule has 18 rings (SSSR count). The third-order valence-corrected chi connectivity index (χ3v) is 21.9. The molecule has 0 amide bonds. The molecule has 6 bridgehead atoms. The first-order valence-electron chi connectivity index (χ1n) is 27.8. The average Bonchev–Trinajstić information content (AvgIpc) is 4.12. The van der Waals surface area contributed by atoms with Crippen LogP contribution in [-0.4, -0.2) is 15.9 Å². The molecule has 8 unspecified atom stereocenters. The van der Waals surface area contributed by atoms with Crippen LogP contribution in [0.3, 0.4) is 0 Å². The summed E-state index contributed by atoms with van der Waals surface area (Å²) in [5, 5.41) is 4.42. The first-order valence-corrected chi connectivity index (χ1v) is 27.8. The fourth-order valence-corrected chi connectivity index (χ4v) is 19.4. The monoisotopic (exact) mass is 917 g/mol. The van der Waals surface area contributed by atoms with Crippen LogP contribution in [0.25, 0.3) is 60.8 Å². The molecule has 0 radical (unpaired) electrons. The van der Waals surface area contributed by atoms with E-state index in [1.165, 1.54) is 177 Å². The van der Waals surface area contributed by atoms with Gasteiger partial charge in [0.15, 0.2) is 0 Å². The van der Waals surface area contributed by atoms with E-state index in [1.54, 1.807) is 11.1 Å². The number of benzene rings is 7. The number of hydrogen-bond acceptors (Lipinski definition) is 1. The Bertz CT molecular complexity index is 3790. The molecule has 0 spiro atoms. The number of para-hydroxylation sites is 3. The first kappa shape index (κ1) is 39.4. The van der Waals surface area contributed by atoms with E-state index in [0.717, 1.165) is 35.5 Å². The average molecular weight is 918 g/mol. The summed E-state index contributed by atoms with van der Waals surface area (Å²) in [6, 6.07) is 57.9. The molecule has 2 aliphatic heterocycles. The third-order valence-electron chi connectivity index (χ3n) is 21.9. The predicted octanol–water partition coefficient (Wildman–Crippen LogP) is 15.4. The fraction of sp³-hybridized carbons (Fsp3) is 0.343. The summed E-state index contributed by atoms with van der Waals surface area (Å²) in [5.74, 6) is 5.55. The van der Waals surface area contributed by atoms with Gasteiger partial charge in [-0.15, -0.1) is 0 Å². The second-order valence-electron chi connectivity index (χ2n) is 25.5. The molecule has 4 heterocycles. The van der Waals surface area contributed by atoms with E-state index in [-0.39, 0.29) is 17.7 Å². The van der Waals surface area contributed by atoms with Crippen LogP contribution in [0.4, 0.5) is 17.1 Å². The Hall–Kier alpha value is -6.26. The lowest BCUT2D eigenvalue weighted by molar-refractivity contribution is 0.139. The molecule has 9 aromatic rings. The van der Waals surface area contributed by atoms with E-state index in [4.69, 9.17) is 0 Å². The normalized spacial score (nSPS) is 29.1. The van der Waals surface area contributed by atoms with Crippen molar-refractivity contribution in [2.24, 2.45) is 35.5 Å². The van der Waals surface area contributed by atoms with E-state index in [1.807, 2.05) is 0 Å². The minimum Gasteiger partial charge on any atom is -0.375 e. The van der Waals surface area contributed by atoms with Crippen LogP contribution in [0.1, 0.15) is 113 Å². The Morgan fingerprint density at radius 2 is 1.18 bits per heavy atom. The maximum Gasteiger partial charge on any atom is 0.333 e. The molecule has 7 aliphatic carbocycles. The Balaban J connectivity index is 0.986. The van der Waals surface area contributed by atoms with Gasteiger partial charge in [0.25, 0.3) is 0 Å². The van der Waals surface area contributed by atoms with Gasteiger partial charge in [0.05, 0.1) is 11.2 Å². The molecule has 2 aromatic heterocycles. The van der Waals surface area contributed by atoms with Gasteiger partial charge in [-0.1, -0.05) is 98.8 Å². The van der Waals surface area contributed by atoms with Crippen molar-refractivity contribution >= 4 is 67.5 Å². The molecule has 9 aliphatic rings. The maximum absolute atomic E-state index is 2.89. The van der Waals surface area contributed by atoms with Crippen molar-refractivity contribution in [1.82, 2.24) is 9.05 Å². The molecule has 0 saturated heterocycles. The number of fused-ring (bicyclic) bond motifs is 16. The molecule has 71 heavy (non-hydrogen) atoms. The molecule has 7 aromatic carbocycles. The zero-order valence-corrected chi connectivity index (χ0v) is 41.2. The zero-order valence-electron chi connectivity index (χ0n) is 41.2. The summed E-state index contributed by atoms with van der Waals surface area (Å²) in [6.07, 6.45) is 17.0. The summed E-state index contributed by atoms with van der Waals surface area (Å²) < 4.78 is 5.65. The van der Waals surface area contributed by atoms with Crippen molar-refractivity contribution in [3.63, 3.8) is 0 Å². The lowest BCUT2D eigenvalue weighted by Crippen LogP contribution is -2.55. The highest BCUT2D eigenvalue weighted by Crippen LogP contribution is 2.64. The highest BCUT2D eigenvalue weighted by atomic mass is 15.1. The number of rotatable bonds is 5. The van der Waals surface area contributed by atoms with Crippen LogP contribution in [0.5, 0.6) is 0 Å². The van der Waals surface area contributed by atoms with Gasteiger partial charge in [0.2, 0.25) is 0 Å². The topological polar surface area (TPSA) is 13.1 Å². The van der Waals surface area contributed by atoms with Gasteiger partial charge < -0.3 is 13.9 Å². The van der Waals surface area contributed by atoms with Gasteiger partial charge >= 0.3 is 6.85 Å². The molecule has 6 saturated carbocycles. The van der Waals surface area contributed by atoms with E-state index < -0.39 is 0 Å². The van der Waals surface area contributed by atoms with Crippen LogP contribution in [0, 0.1) is 35.5 Å². The van der Waals surface area contributed by atoms with Crippen molar-refractivity contribution in [3.8, 4) is 28.1 Å². The molecule has 346 valence electrons. The van der Waals surface area contributed by atoms with Crippen molar-refractivity contribution in [3.05, 3.63) is 168 Å². The van der Waals surface area contributed by atoms with Crippen LogP contribution in [-0.2, 0) is 16.2 Å². The smallest absolute Gasteiger partial charge is 0.333 e. The van der Waals surface area contributed by atoms with E-state index in [2.05, 4.69) is 173 Å². The molecular weight excluding hydrogens is 858 g/mol. The summed E-state index contributed by atoms with van der Waals surface area (Å²) in [4.78, 5) is 2.53. The third kappa shape index (κ3) is 4.85. The highest BCUT2D eigenvalue weighted by Gasteiger charge is 2.55. The summed E-state index contributed by atoms with van der Waals surface area (Å²) in [5.41, 5.74) is 24.4. The molecule has 0 N–H and O–H groups in total. The highest BCUT2D eigenvalue weighted by molar-refractivity contribution is 6.90. The quantitative estimate of drug-likeness (QED) is 0.157. The fourth-order valence-electron chi connectivity index (χ4n) is 19.4.